The number of benzene rings is 1. The van der Waals surface area contributed by atoms with Crippen molar-refractivity contribution < 1.29 is 8.94 Å². The van der Waals surface area contributed by atoms with Crippen LogP contribution in [0.1, 0.15) is 17.0 Å². The Morgan fingerprint density at radius 2 is 1.95 bits per heavy atom. The van der Waals surface area contributed by atoms with E-state index in [-0.39, 0.29) is 6.54 Å². The first-order valence-corrected chi connectivity index (χ1v) is 6.20. The smallest absolute Gasteiger partial charge is 0.388 e. The highest BCUT2D eigenvalue weighted by atomic mass is 16.5. The molecule has 0 aliphatic heterocycles. The number of aryl methyl sites for hydroxylation is 2. The molecule has 6 heteroatoms. The van der Waals surface area contributed by atoms with Crippen molar-refractivity contribution in [3.05, 3.63) is 57.9 Å². The second-order valence-corrected chi connectivity index (χ2v) is 4.50. The zero-order chi connectivity index (χ0) is 14.1. The average Bonchev–Trinajstić information content (AvgIpc) is 2.98. The van der Waals surface area contributed by atoms with Gasteiger partial charge >= 0.3 is 5.76 Å². The fourth-order valence-electron chi connectivity index (χ4n) is 1.98. The van der Waals surface area contributed by atoms with Gasteiger partial charge in [-0.05, 0) is 26.0 Å². The molecule has 102 valence electrons. The first-order chi connectivity index (χ1) is 9.65. The Labute approximate surface area is 114 Å². The van der Waals surface area contributed by atoms with Gasteiger partial charge in [0.2, 0.25) is 5.89 Å². The van der Waals surface area contributed by atoms with Gasteiger partial charge < -0.3 is 8.94 Å². The predicted molar refractivity (Wildman–Crippen MR) is 71.3 cm³/mol. The Hall–Kier alpha value is -2.63. The highest BCUT2D eigenvalue weighted by molar-refractivity contribution is 5.51. The summed E-state index contributed by atoms with van der Waals surface area (Å²) in [5, 5.41) is 8.06. The third-order valence-electron chi connectivity index (χ3n) is 3.12. The zero-order valence-electron chi connectivity index (χ0n) is 11.2. The summed E-state index contributed by atoms with van der Waals surface area (Å²) in [4.78, 5) is 11.8. The Morgan fingerprint density at radius 1 is 1.20 bits per heavy atom. The fourth-order valence-corrected chi connectivity index (χ4v) is 1.98. The van der Waals surface area contributed by atoms with Crippen molar-refractivity contribution in [1.29, 1.82) is 0 Å². The number of aromatic nitrogens is 3. The molecule has 0 atom stereocenters. The summed E-state index contributed by atoms with van der Waals surface area (Å²) in [7, 11) is 0. The molecule has 0 saturated carbocycles. The maximum absolute atomic E-state index is 11.8. The molecule has 0 fully saturated rings. The minimum atomic E-state index is -0.496. The fraction of sp³-hybridized carbons (Fsp3) is 0.214. The Bertz CT molecular complexity index is 764. The first-order valence-electron chi connectivity index (χ1n) is 6.20. The molecule has 1 aromatic carbocycles. The molecule has 0 spiro atoms. The summed E-state index contributed by atoms with van der Waals surface area (Å²) < 4.78 is 11.5. The zero-order valence-corrected chi connectivity index (χ0v) is 11.2. The van der Waals surface area contributed by atoms with Crippen LogP contribution in [-0.2, 0) is 6.54 Å². The van der Waals surface area contributed by atoms with Gasteiger partial charge in [-0.1, -0.05) is 23.4 Å². The van der Waals surface area contributed by atoms with Gasteiger partial charge in [-0.2, -0.15) is 4.68 Å². The van der Waals surface area contributed by atoms with E-state index in [0.29, 0.717) is 11.7 Å². The van der Waals surface area contributed by atoms with Crippen molar-refractivity contribution in [2.75, 3.05) is 0 Å². The second-order valence-electron chi connectivity index (χ2n) is 4.50. The second kappa shape index (κ2) is 4.80. The van der Waals surface area contributed by atoms with Gasteiger partial charge in [-0.25, -0.2) is 4.79 Å². The molecule has 0 aliphatic rings. The minimum absolute atomic E-state index is 0.288. The van der Waals surface area contributed by atoms with Crippen LogP contribution < -0.4 is 5.76 Å². The van der Waals surface area contributed by atoms with E-state index in [1.807, 2.05) is 37.3 Å². The minimum Gasteiger partial charge on any atom is -0.388 e. The molecular weight excluding hydrogens is 258 g/mol. The summed E-state index contributed by atoms with van der Waals surface area (Å²) in [5.74, 6) is 0.491. The summed E-state index contributed by atoms with van der Waals surface area (Å²) in [6, 6.07) is 9.30. The van der Waals surface area contributed by atoms with Crippen molar-refractivity contribution >= 4 is 0 Å². The van der Waals surface area contributed by atoms with Gasteiger partial charge in [0.1, 0.15) is 5.76 Å². The lowest BCUT2D eigenvalue weighted by Crippen LogP contribution is -2.17. The molecule has 2 aromatic heterocycles. The van der Waals surface area contributed by atoms with Crippen LogP contribution >= 0.6 is 0 Å². The van der Waals surface area contributed by atoms with Gasteiger partial charge in [0.25, 0.3) is 0 Å². The van der Waals surface area contributed by atoms with Crippen LogP contribution in [0.2, 0.25) is 0 Å². The molecule has 2 heterocycles. The molecule has 0 saturated heterocycles. The Morgan fingerprint density at radius 3 is 2.60 bits per heavy atom. The lowest BCUT2D eigenvalue weighted by molar-refractivity contribution is 0.391. The van der Waals surface area contributed by atoms with Crippen LogP contribution in [-0.4, -0.2) is 14.9 Å². The van der Waals surface area contributed by atoms with Gasteiger partial charge in [0.15, 0.2) is 0 Å². The van der Waals surface area contributed by atoms with Gasteiger partial charge in [0.05, 0.1) is 12.2 Å². The van der Waals surface area contributed by atoms with Crippen LogP contribution in [0.15, 0.2) is 44.1 Å². The molecule has 3 rings (SSSR count). The van der Waals surface area contributed by atoms with Crippen molar-refractivity contribution in [3.8, 4) is 11.5 Å². The summed E-state index contributed by atoms with van der Waals surface area (Å²) in [6.45, 7) is 3.92. The number of hydrogen-bond acceptors (Lipinski definition) is 5. The van der Waals surface area contributed by atoms with E-state index in [4.69, 9.17) is 8.94 Å². The van der Waals surface area contributed by atoms with E-state index in [1.165, 1.54) is 4.68 Å². The van der Waals surface area contributed by atoms with E-state index in [0.717, 1.165) is 16.8 Å². The molecule has 0 bridgehead atoms. The van der Waals surface area contributed by atoms with Gasteiger partial charge in [0, 0.05) is 11.1 Å². The van der Waals surface area contributed by atoms with E-state index in [2.05, 4.69) is 10.3 Å². The lowest BCUT2D eigenvalue weighted by Gasteiger charge is -1.97. The van der Waals surface area contributed by atoms with E-state index in [9.17, 15) is 4.79 Å². The third-order valence-corrected chi connectivity index (χ3v) is 3.12. The topological polar surface area (TPSA) is 74.1 Å². The highest BCUT2D eigenvalue weighted by Gasteiger charge is 2.15. The Kier molecular flexibility index (Phi) is 2.98. The molecule has 0 aliphatic carbocycles. The van der Waals surface area contributed by atoms with Crippen molar-refractivity contribution in [2.24, 2.45) is 0 Å². The van der Waals surface area contributed by atoms with Crippen LogP contribution in [0.25, 0.3) is 11.5 Å². The van der Waals surface area contributed by atoms with Crippen molar-refractivity contribution in [1.82, 2.24) is 14.9 Å². The van der Waals surface area contributed by atoms with Crippen LogP contribution in [0.3, 0.4) is 0 Å². The van der Waals surface area contributed by atoms with Crippen LogP contribution in [0, 0.1) is 13.8 Å². The van der Waals surface area contributed by atoms with Crippen LogP contribution in [0.5, 0.6) is 0 Å². The normalized spacial score (nSPS) is 10.9. The largest absolute Gasteiger partial charge is 0.437 e. The molecule has 3 aromatic rings. The molecule has 0 amide bonds. The summed E-state index contributed by atoms with van der Waals surface area (Å²) >= 11 is 0. The lowest BCUT2D eigenvalue weighted by atomic mass is 10.2. The number of nitrogens with zero attached hydrogens (tertiary/aromatic N) is 3. The monoisotopic (exact) mass is 271 g/mol. The van der Waals surface area contributed by atoms with E-state index in [1.54, 1.807) is 6.92 Å². The maximum Gasteiger partial charge on any atom is 0.437 e. The Balaban J connectivity index is 1.97. The number of hydrogen-bond donors (Lipinski definition) is 0. The van der Waals surface area contributed by atoms with Gasteiger partial charge in [-0.3, -0.25) is 0 Å². The average molecular weight is 271 g/mol. The van der Waals surface area contributed by atoms with Crippen molar-refractivity contribution in [3.63, 3.8) is 0 Å². The van der Waals surface area contributed by atoms with Crippen LogP contribution in [0.4, 0.5) is 0 Å². The van der Waals surface area contributed by atoms with Crippen molar-refractivity contribution in [2.45, 2.75) is 20.4 Å². The predicted octanol–water partition coefficient (Wildman–Crippen LogP) is 2.16. The molecule has 20 heavy (non-hydrogen) atoms. The highest BCUT2D eigenvalue weighted by Crippen LogP contribution is 2.16. The molecule has 0 unspecified atom stereocenters. The number of rotatable bonds is 3. The maximum atomic E-state index is 11.8. The van der Waals surface area contributed by atoms with E-state index < -0.39 is 5.76 Å². The third kappa shape index (κ3) is 2.16. The van der Waals surface area contributed by atoms with Gasteiger partial charge in [-0.15, -0.1) is 5.10 Å². The molecule has 0 radical (unpaired) electrons. The van der Waals surface area contributed by atoms with E-state index >= 15 is 0 Å². The summed E-state index contributed by atoms with van der Waals surface area (Å²) in [6.07, 6.45) is 0. The molecular formula is C14H13N3O3. The summed E-state index contributed by atoms with van der Waals surface area (Å²) in [5.41, 5.74) is 2.36. The standard InChI is InChI=1S/C14H13N3O3/c1-9-12(10(2)20-16-9)8-17-14(18)19-13(15-17)11-6-4-3-5-7-11/h3-7H,8H2,1-2H3. The SMILES string of the molecule is Cc1noc(C)c1Cn1nc(-c2ccccc2)oc1=O. The molecule has 6 nitrogen and oxygen atoms in total. The quantitative estimate of drug-likeness (QED) is 0.729. The molecule has 0 N–H and O–H groups in total. The first kappa shape index (κ1) is 12.4.